The summed E-state index contributed by atoms with van der Waals surface area (Å²) in [5, 5.41) is 11.1. The lowest BCUT2D eigenvalue weighted by Gasteiger charge is -2.34. The predicted molar refractivity (Wildman–Crippen MR) is 110 cm³/mol. The molecule has 2 unspecified atom stereocenters. The van der Waals surface area contributed by atoms with Gasteiger partial charge in [-0.1, -0.05) is 0 Å². The van der Waals surface area contributed by atoms with Crippen LogP contribution in [-0.4, -0.2) is 34.2 Å². The molecule has 1 aromatic carbocycles. The van der Waals surface area contributed by atoms with E-state index < -0.39 is 12.1 Å². The molecule has 2 atom stereocenters. The first-order valence-corrected chi connectivity index (χ1v) is 10.0. The van der Waals surface area contributed by atoms with Crippen LogP contribution in [0.25, 0.3) is 22.3 Å². The van der Waals surface area contributed by atoms with Crippen molar-refractivity contribution in [1.29, 1.82) is 0 Å². The average molecular weight is 422 g/mol. The van der Waals surface area contributed by atoms with E-state index in [1.54, 1.807) is 17.6 Å². The fourth-order valence-corrected chi connectivity index (χ4v) is 5.24. The van der Waals surface area contributed by atoms with Crippen LogP contribution in [-0.2, 0) is 22.7 Å². The summed E-state index contributed by atoms with van der Waals surface area (Å²) >= 11 is 0. The Kier molecular flexibility index (Phi) is 3.51. The van der Waals surface area contributed by atoms with E-state index in [1.165, 1.54) is 6.07 Å². The van der Waals surface area contributed by atoms with Crippen LogP contribution in [0.15, 0.2) is 16.9 Å². The molecular formula is C22H19FN4O4. The Bertz CT molecular complexity index is 1410. The maximum atomic E-state index is 14.7. The van der Waals surface area contributed by atoms with Crippen LogP contribution in [0.1, 0.15) is 40.0 Å². The van der Waals surface area contributed by atoms with Crippen molar-refractivity contribution in [2.24, 2.45) is 5.73 Å². The highest BCUT2D eigenvalue weighted by Crippen LogP contribution is 2.46. The molecule has 158 valence electrons. The normalized spacial score (nSPS) is 21.1. The number of pyridine rings is 2. The number of ether oxygens (including phenoxy) is 1. The Morgan fingerprint density at radius 3 is 2.84 bits per heavy atom. The minimum absolute atomic E-state index is 0.179. The Morgan fingerprint density at radius 2 is 2.06 bits per heavy atom. The fraction of sp³-hybridized carbons (Fsp3) is 0.318. The van der Waals surface area contributed by atoms with E-state index in [4.69, 9.17) is 15.5 Å². The molecule has 6 rings (SSSR count). The molecule has 0 saturated heterocycles. The van der Waals surface area contributed by atoms with Gasteiger partial charge in [0, 0.05) is 47.8 Å². The van der Waals surface area contributed by atoms with Crippen molar-refractivity contribution in [2.75, 3.05) is 18.5 Å². The smallest absolute Gasteiger partial charge is 0.340 e. The highest BCUT2D eigenvalue weighted by Gasteiger charge is 2.37. The second kappa shape index (κ2) is 5.89. The number of anilines is 1. The van der Waals surface area contributed by atoms with Gasteiger partial charge in [-0.25, -0.2) is 14.2 Å². The SMILES string of the molecule is Cc1c(F)cc2nc3c(c4c2c1N(C)CC4N)Cn1c-3cc2c(c1=O)COC(=O)C2O. The number of hydrogen-bond acceptors (Lipinski definition) is 7. The van der Waals surface area contributed by atoms with Gasteiger partial charge in [0.15, 0.2) is 6.10 Å². The van der Waals surface area contributed by atoms with Gasteiger partial charge in [0.05, 0.1) is 34.7 Å². The van der Waals surface area contributed by atoms with Crippen LogP contribution in [0.3, 0.4) is 0 Å². The number of cyclic esters (lactones) is 1. The van der Waals surface area contributed by atoms with Gasteiger partial charge in [-0.2, -0.15) is 0 Å². The summed E-state index contributed by atoms with van der Waals surface area (Å²) in [7, 11) is 1.88. The van der Waals surface area contributed by atoms with Crippen LogP contribution in [0.4, 0.5) is 10.1 Å². The summed E-state index contributed by atoms with van der Waals surface area (Å²) in [4.78, 5) is 31.7. The molecule has 0 radical (unpaired) electrons. The van der Waals surface area contributed by atoms with Gasteiger partial charge in [0.25, 0.3) is 5.56 Å². The molecule has 0 bridgehead atoms. The quantitative estimate of drug-likeness (QED) is 0.412. The maximum Gasteiger partial charge on any atom is 0.340 e. The summed E-state index contributed by atoms with van der Waals surface area (Å²) in [5.74, 6) is -1.15. The van der Waals surface area contributed by atoms with Crippen molar-refractivity contribution in [3.05, 3.63) is 56.1 Å². The predicted octanol–water partition coefficient (Wildman–Crippen LogP) is 1.41. The van der Waals surface area contributed by atoms with Crippen molar-refractivity contribution in [1.82, 2.24) is 9.55 Å². The number of nitrogens with two attached hydrogens (primary N) is 1. The molecule has 9 heteroatoms. The molecule has 0 spiro atoms. The standard InChI is InChI=1S/C22H19FN4O4/c1-8-12(23)4-14-17-16(13(24)6-26(2)19(8)17)10-5-27-15(18(10)25-14)3-9-11(21(27)29)7-31-22(30)20(9)28/h3-4,13,20,28H,5-7,24H2,1-2H3. The van der Waals surface area contributed by atoms with Gasteiger partial charge in [-0.3, -0.25) is 4.79 Å². The summed E-state index contributed by atoms with van der Waals surface area (Å²) in [6.07, 6.45) is -1.52. The highest BCUT2D eigenvalue weighted by molar-refractivity contribution is 6.00. The van der Waals surface area contributed by atoms with Crippen LogP contribution in [0.5, 0.6) is 0 Å². The van der Waals surface area contributed by atoms with Crippen molar-refractivity contribution in [3.63, 3.8) is 0 Å². The molecule has 3 aromatic rings. The zero-order valence-corrected chi connectivity index (χ0v) is 16.9. The minimum Gasteiger partial charge on any atom is -0.458 e. The van der Waals surface area contributed by atoms with E-state index >= 15 is 0 Å². The van der Waals surface area contributed by atoms with Crippen molar-refractivity contribution < 1.29 is 19.0 Å². The highest BCUT2D eigenvalue weighted by atomic mass is 19.1. The maximum absolute atomic E-state index is 14.7. The molecule has 3 aliphatic rings. The molecule has 31 heavy (non-hydrogen) atoms. The topological polar surface area (TPSA) is 111 Å². The van der Waals surface area contributed by atoms with E-state index in [2.05, 4.69) is 0 Å². The molecule has 2 aromatic heterocycles. The average Bonchev–Trinajstić information content (AvgIpc) is 3.08. The van der Waals surface area contributed by atoms with Crippen LogP contribution >= 0.6 is 0 Å². The van der Waals surface area contributed by atoms with Crippen molar-refractivity contribution >= 4 is 22.6 Å². The van der Waals surface area contributed by atoms with Crippen LogP contribution in [0, 0.1) is 12.7 Å². The Hall–Kier alpha value is -3.30. The molecule has 0 amide bonds. The summed E-state index contributed by atoms with van der Waals surface area (Å²) in [6.45, 7) is 2.33. The minimum atomic E-state index is -1.52. The lowest BCUT2D eigenvalue weighted by molar-refractivity contribution is -0.157. The fourth-order valence-electron chi connectivity index (χ4n) is 5.24. The van der Waals surface area contributed by atoms with Gasteiger partial charge >= 0.3 is 5.97 Å². The van der Waals surface area contributed by atoms with Gasteiger partial charge in [0.2, 0.25) is 0 Å². The Labute approximate surface area is 175 Å². The molecular weight excluding hydrogens is 403 g/mol. The number of benzene rings is 1. The van der Waals surface area contributed by atoms with E-state index in [0.717, 1.165) is 22.2 Å². The first kappa shape index (κ1) is 18.5. The van der Waals surface area contributed by atoms with E-state index in [9.17, 15) is 19.1 Å². The number of nitrogens with zero attached hydrogens (tertiary/aromatic N) is 3. The number of aliphatic hydroxyl groups excluding tert-OH is 1. The largest absolute Gasteiger partial charge is 0.458 e. The molecule has 5 heterocycles. The third-order valence-electron chi connectivity index (χ3n) is 6.68. The van der Waals surface area contributed by atoms with Gasteiger partial charge in [0.1, 0.15) is 12.4 Å². The van der Waals surface area contributed by atoms with Gasteiger partial charge < -0.3 is 25.0 Å². The number of likely N-dealkylation sites (N-methyl/N-ethyl adjacent to an activating group) is 1. The van der Waals surface area contributed by atoms with Gasteiger partial charge in [-0.05, 0) is 18.6 Å². The zero-order valence-electron chi connectivity index (χ0n) is 16.9. The van der Waals surface area contributed by atoms with E-state index in [-0.39, 0.29) is 41.7 Å². The van der Waals surface area contributed by atoms with Crippen LogP contribution in [0.2, 0.25) is 0 Å². The number of hydrogen-bond donors (Lipinski definition) is 2. The Morgan fingerprint density at radius 1 is 1.29 bits per heavy atom. The molecule has 0 saturated carbocycles. The zero-order chi connectivity index (χ0) is 21.8. The van der Waals surface area contributed by atoms with Crippen LogP contribution < -0.4 is 16.2 Å². The molecule has 3 aliphatic heterocycles. The number of aromatic nitrogens is 2. The molecule has 0 aliphatic carbocycles. The second-order valence-electron chi connectivity index (χ2n) is 8.43. The number of esters is 1. The van der Waals surface area contributed by atoms with Crippen molar-refractivity contribution in [3.8, 4) is 11.4 Å². The molecule has 8 nitrogen and oxygen atoms in total. The third kappa shape index (κ3) is 2.22. The lowest BCUT2D eigenvalue weighted by Crippen LogP contribution is -2.34. The number of aliphatic hydroxyl groups is 1. The van der Waals surface area contributed by atoms with Crippen molar-refractivity contribution in [2.45, 2.75) is 32.2 Å². The van der Waals surface area contributed by atoms with E-state index in [0.29, 0.717) is 29.0 Å². The summed E-state index contributed by atoms with van der Waals surface area (Å²) in [5.41, 5.74) is 11.2. The number of rotatable bonds is 0. The summed E-state index contributed by atoms with van der Waals surface area (Å²) < 4.78 is 21.2. The first-order valence-electron chi connectivity index (χ1n) is 10.0. The number of fused-ring (bicyclic) bond motifs is 5. The first-order chi connectivity index (χ1) is 14.8. The molecule has 0 fully saturated rings. The summed E-state index contributed by atoms with van der Waals surface area (Å²) in [6, 6.07) is 2.68. The molecule has 3 N–H and O–H groups in total. The number of carbonyl (C=O) groups excluding carboxylic acids is 1. The third-order valence-corrected chi connectivity index (χ3v) is 6.68. The lowest BCUT2D eigenvalue weighted by atomic mass is 9.89. The number of halogens is 1. The number of carbonyl (C=O) groups is 1. The monoisotopic (exact) mass is 422 g/mol. The Balaban J connectivity index is 1.71. The second-order valence-corrected chi connectivity index (χ2v) is 8.43. The van der Waals surface area contributed by atoms with Gasteiger partial charge in [-0.15, -0.1) is 0 Å². The van der Waals surface area contributed by atoms with E-state index in [1.807, 2.05) is 11.9 Å².